The van der Waals surface area contributed by atoms with E-state index in [0.29, 0.717) is 38.3 Å². The quantitative estimate of drug-likeness (QED) is 0.550. The van der Waals surface area contributed by atoms with Crippen LogP contribution in [0.25, 0.3) is 0 Å². The highest BCUT2D eigenvalue weighted by Gasteiger charge is 2.24. The summed E-state index contributed by atoms with van der Waals surface area (Å²) in [5.41, 5.74) is 1.27. The molecule has 178 valence electrons. The van der Waals surface area contributed by atoms with Gasteiger partial charge in [-0.1, -0.05) is 24.3 Å². The minimum Gasteiger partial charge on any atom is -0.492 e. The molecule has 0 bridgehead atoms. The molecule has 3 aromatic carbocycles. The van der Waals surface area contributed by atoms with Crippen LogP contribution in [0.3, 0.4) is 0 Å². The smallest absolute Gasteiger partial charge is 0.261 e. The predicted octanol–water partition coefficient (Wildman–Crippen LogP) is 3.99. The van der Waals surface area contributed by atoms with Crippen molar-refractivity contribution in [3.05, 3.63) is 84.2 Å². The van der Waals surface area contributed by atoms with Gasteiger partial charge in [0.15, 0.2) is 0 Å². The summed E-state index contributed by atoms with van der Waals surface area (Å²) in [5.74, 6) is -0.00443. The third-order valence-corrected chi connectivity index (χ3v) is 6.98. The Hall–Kier alpha value is -3.59. The van der Waals surface area contributed by atoms with Crippen molar-refractivity contribution in [3.8, 4) is 5.75 Å². The number of amides is 1. The van der Waals surface area contributed by atoms with Crippen molar-refractivity contribution in [2.45, 2.75) is 11.8 Å². The molecule has 0 unspecified atom stereocenters. The summed E-state index contributed by atoms with van der Waals surface area (Å²) >= 11 is 0. The summed E-state index contributed by atoms with van der Waals surface area (Å²) in [6.07, 6.45) is 0. The number of piperazine rings is 1. The zero-order valence-corrected chi connectivity index (χ0v) is 19.6. The van der Waals surface area contributed by atoms with Crippen LogP contribution in [0.5, 0.6) is 5.75 Å². The Morgan fingerprint density at radius 3 is 2.26 bits per heavy atom. The van der Waals surface area contributed by atoms with Crippen LogP contribution in [0.15, 0.2) is 77.7 Å². The second kappa shape index (κ2) is 10.1. The van der Waals surface area contributed by atoms with Gasteiger partial charge in [-0.15, -0.1) is 0 Å². The number of hydrogen-bond acceptors (Lipinski definition) is 5. The van der Waals surface area contributed by atoms with Crippen LogP contribution in [0.4, 0.5) is 15.8 Å². The molecule has 4 rings (SSSR count). The van der Waals surface area contributed by atoms with E-state index in [1.54, 1.807) is 4.90 Å². The van der Waals surface area contributed by atoms with Crippen LogP contribution in [0, 0.1) is 5.82 Å². The van der Waals surface area contributed by atoms with Gasteiger partial charge in [-0.05, 0) is 55.5 Å². The van der Waals surface area contributed by atoms with Gasteiger partial charge in [-0.25, -0.2) is 12.8 Å². The molecule has 7 nitrogen and oxygen atoms in total. The maximum Gasteiger partial charge on any atom is 0.261 e. The van der Waals surface area contributed by atoms with Crippen molar-refractivity contribution < 1.29 is 22.3 Å². The maximum atomic E-state index is 13.8. The topological polar surface area (TPSA) is 79.0 Å². The average molecular weight is 484 g/mol. The van der Waals surface area contributed by atoms with Gasteiger partial charge in [0.05, 0.1) is 22.9 Å². The number of para-hydroxylation sites is 3. The van der Waals surface area contributed by atoms with Crippen LogP contribution in [-0.4, -0.2) is 52.0 Å². The lowest BCUT2D eigenvalue weighted by atomic mass is 10.1. The third-order valence-electron chi connectivity index (χ3n) is 5.60. The monoisotopic (exact) mass is 483 g/mol. The van der Waals surface area contributed by atoms with E-state index in [1.807, 2.05) is 31.2 Å². The van der Waals surface area contributed by atoms with Gasteiger partial charge in [0.25, 0.3) is 15.9 Å². The lowest BCUT2D eigenvalue weighted by Gasteiger charge is -2.36. The molecule has 1 aliphatic rings. The lowest BCUT2D eigenvalue weighted by Crippen LogP contribution is -2.48. The molecule has 0 radical (unpaired) electrons. The number of nitrogens with zero attached hydrogens (tertiary/aromatic N) is 2. The lowest BCUT2D eigenvalue weighted by molar-refractivity contribution is 0.0746. The van der Waals surface area contributed by atoms with Gasteiger partial charge in [0.1, 0.15) is 11.6 Å². The Balaban J connectivity index is 1.40. The molecular weight excluding hydrogens is 457 g/mol. The number of benzene rings is 3. The van der Waals surface area contributed by atoms with E-state index in [2.05, 4.69) is 9.62 Å². The highest BCUT2D eigenvalue weighted by atomic mass is 32.2. The fourth-order valence-electron chi connectivity index (χ4n) is 3.85. The number of sulfonamides is 1. The molecule has 0 atom stereocenters. The first-order chi connectivity index (χ1) is 16.4. The van der Waals surface area contributed by atoms with Crippen LogP contribution >= 0.6 is 0 Å². The Kier molecular flexibility index (Phi) is 7.02. The number of hydrogen-bond donors (Lipinski definition) is 1. The number of anilines is 2. The molecule has 1 N–H and O–H groups in total. The second-order valence-corrected chi connectivity index (χ2v) is 9.47. The molecule has 3 aromatic rings. The van der Waals surface area contributed by atoms with E-state index in [9.17, 15) is 17.6 Å². The van der Waals surface area contributed by atoms with Gasteiger partial charge in [-0.3, -0.25) is 9.52 Å². The summed E-state index contributed by atoms with van der Waals surface area (Å²) in [5, 5.41) is 0. The van der Waals surface area contributed by atoms with Gasteiger partial charge >= 0.3 is 0 Å². The summed E-state index contributed by atoms with van der Waals surface area (Å²) in [6.45, 7) is 4.92. The van der Waals surface area contributed by atoms with Crippen LogP contribution in [0.2, 0.25) is 0 Å². The number of carbonyl (C=O) groups is 1. The normalized spacial score (nSPS) is 14.1. The van der Waals surface area contributed by atoms with Crippen LogP contribution in [-0.2, 0) is 10.0 Å². The molecule has 1 heterocycles. The van der Waals surface area contributed by atoms with Gasteiger partial charge in [0.2, 0.25) is 0 Å². The molecule has 0 spiro atoms. The molecule has 34 heavy (non-hydrogen) atoms. The van der Waals surface area contributed by atoms with Crippen molar-refractivity contribution in [1.82, 2.24) is 4.90 Å². The number of halogens is 1. The molecule has 1 aliphatic heterocycles. The van der Waals surface area contributed by atoms with Crippen molar-refractivity contribution in [1.29, 1.82) is 0 Å². The Morgan fingerprint density at radius 1 is 0.941 bits per heavy atom. The Bertz CT molecular complexity index is 1260. The van der Waals surface area contributed by atoms with Crippen LogP contribution in [0.1, 0.15) is 17.3 Å². The summed E-state index contributed by atoms with van der Waals surface area (Å²) in [4.78, 5) is 16.9. The van der Waals surface area contributed by atoms with E-state index >= 15 is 0 Å². The molecule has 0 aromatic heterocycles. The Morgan fingerprint density at radius 2 is 1.59 bits per heavy atom. The van der Waals surface area contributed by atoms with E-state index < -0.39 is 15.8 Å². The van der Waals surface area contributed by atoms with Crippen molar-refractivity contribution in [3.63, 3.8) is 0 Å². The van der Waals surface area contributed by atoms with Crippen molar-refractivity contribution in [2.24, 2.45) is 0 Å². The zero-order chi connectivity index (χ0) is 24.1. The number of ether oxygens (including phenoxy) is 1. The van der Waals surface area contributed by atoms with Crippen molar-refractivity contribution in [2.75, 3.05) is 42.4 Å². The van der Waals surface area contributed by atoms with Gasteiger partial charge in [0, 0.05) is 31.7 Å². The summed E-state index contributed by atoms with van der Waals surface area (Å²) < 4.78 is 47.0. The van der Waals surface area contributed by atoms with Gasteiger partial charge in [-0.2, -0.15) is 0 Å². The highest BCUT2D eigenvalue weighted by molar-refractivity contribution is 7.92. The first-order valence-electron chi connectivity index (χ1n) is 11.0. The largest absolute Gasteiger partial charge is 0.492 e. The fraction of sp³-hybridized carbons (Fsp3) is 0.240. The predicted molar refractivity (Wildman–Crippen MR) is 129 cm³/mol. The summed E-state index contributed by atoms with van der Waals surface area (Å²) in [6, 6.07) is 19.1. The highest BCUT2D eigenvalue weighted by Crippen LogP contribution is 2.29. The first kappa shape index (κ1) is 23.6. The summed E-state index contributed by atoms with van der Waals surface area (Å²) in [7, 11) is -3.98. The maximum absolute atomic E-state index is 13.8. The van der Waals surface area contributed by atoms with Crippen LogP contribution < -0.4 is 14.4 Å². The molecule has 9 heteroatoms. The zero-order valence-electron chi connectivity index (χ0n) is 18.8. The number of rotatable bonds is 7. The molecule has 1 saturated heterocycles. The number of nitrogens with one attached hydrogen (secondary N) is 1. The van der Waals surface area contributed by atoms with E-state index in [4.69, 9.17) is 4.74 Å². The minimum atomic E-state index is -3.98. The second-order valence-electron chi connectivity index (χ2n) is 7.79. The van der Waals surface area contributed by atoms with Crippen molar-refractivity contribution >= 4 is 27.3 Å². The van der Waals surface area contributed by atoms with E-state index in [0.717, 1.165) is 11.4 Å². The van der Waals surface area contributed by atoms with E-state index in [1.165, 1.54) is 48.5 Å². The average Bonchev–Trinajstić information content (AvgIpc) is 2.86. The fourth-order valence-corrected chi connectivity index (χ4v) is 4.92. The first-order valence-corrected chi connectivity index (χ1v) is 12.5. The van der Waals surface area contributed by atoms with Gasteiger partial charge < -0.3 is 14.5 Å². The molecule has 0 saturated carbocycles. The molecule has 0 aliphatic carbocycles. The minimum absolute atomic E-state index is 0.0512. The standard InChI is InChI=1S/C25H26FN3O4S/c1-2-33-24-10-6-5-9-23(24)28-15-17-29(18-16-28)25(30)19-11-13-20(14-12-19)34(31,32)27-22-8-4-3-7-21(22)26/h3-14,27H,2,15-18H2,1H3. The molecular formula is C25H26FN3O4S. The van der Waals surface area contributed by atoms with E-state index in [-0.39, 0.29) is 16.5 Å². The third kappa shape index (κ3) is 5.14. The molecule has 1 fully saturated rings. The molecule has 1 amide bonds. The number of carbonyl (C=O) groups excluding carboxylic acids is 1. The SMILES string of the molecule is CCOc1ccccc1N1CCN(C(=O)c2ccc(S(=O)(=O)Nc3ccccc3F)cc2)CC1. The Labute approximate surface area is 198 Å².